The summed E-state index contributed by atoms with van der Waals surface area (Å²) in [6, 6.07) is 16.4. The largest absolute Gasteiger partial charge is 0.494 e. The van der Waals surface area contributed by atoms with Crippen molar-refractivity contribution in [2.24, 2.45) is 0 Å². The van der Waals surface area contributed by atoms with Crippen molar-refractivity contribution in [2.75, 3.05) is 19.7 Å². The van der Waals surface area contributed by atoms with Gasteiger partial charge in [-0.25, -0.2) is 0 Å². The van der Waals surface area contributed by atoms with Crippen LogP contribution in [0.5, 0.6) is 5.75 Å². The molecule has 0 bridgehead atoms. The number of ketones is 1. The highest BCUT2D eigenvalue weighted by molar-refractivity contribution is 5.99. The minimum Gasteiger partial charge on any atom is -0.494 e. The minimum atomic E-state index is -0.0690. The molecular weight excluding hydrogens is 362 g/mol. The molecule has 1 aromatic heterocycles. The summed E-state index contributed by atoms with van der Waals surface area (Å²) in [4.78, 5) is 15.6. The highest BCUT2D eigenvalue weighted by Gasteiger charge is 2.43. The first-order valence-electron chi connectivity index (χ1n) is 10.5. The van der Waals surface area contributed by atoms with Crippen molar-refractivity contribution in [1.29, 1.82) is 0 Å². The van der Waals surface area contributed by atoms with Crippen LogP contribution in [0.4, 0.5) is 0 Å². The topological polar surface area (TPSA) is 66.2 Å². The van der Waals surface area contributed by atoms with Gasteiger partial charge in [-0.15, -0.1) is 0 Å². The highest BCUT2D eigenvalue weighted by Crippen LogP contribution is 2.39. The van der Waals surface area contributed by atoms with Crippen molar-refractivity contribution in [3.05, 3.63) is 65.4 Å². The number of para-hydroxylation sites is 1. The van der Waals surface area contributed by atoms with Crippen molar-refractivity contribution in [1.82, 2.24) is 15.6 Å². The molecule has 1 saturated heterocycles. The number of carbonyl (C=O) groups excluding carboxylic acids is 1. The fourth-order valence-electron chi connectivity index (χ4n) is 4.89. The Balaban J connectivity index is 1.44. The molecule has 2 unspecified atom stereocenters. The zero-order chi connectivity index (χ0) is 19.8. The number of rotatable bonds is 5. The van der Waals surface area contributed by atoms with Crippen LogP contribution in [-0.4, -0.2) is 36.5 Å². The third-order valence-electron chi connectivity index (χ3n) is 6.36. The molecule has 2 atom stereocenters. The van der Waals surface area contributed by atoms with Gasteiger partial charge in [0.25, 0.3) is 0 Å². The second kappa shape index (κ2) is 7.32. The molecule has 3 aromatic rings. The summed E-state index contributed by atoms with van der Waals surface area (Å²) < 4.78 is 5.96. The van der Waals surface area contributed by atoms with Crippen LogP contribution in [0.3, 0.4) is 0 Å². The molecule has 1 spiro atoms. The van der Waals surface area contributed by atoms with Crippen molar-refractivity contribution in [3.63, 3.8) is 0 Å². The van der Waals surface area contributed by atoms with Crippen LogP contribution >= 0.6 is 0 Å². The molecule has 0 amide bonds. The number of hydrogen-bond acceptors (Lipinski definition) is 4. The Hall–Kier alpha value is -2.63. The highest BCUT2D eigenvalue weighted by atomic mass is 16.5. The summed E-state index contributed by atoms with van der Waals surface area (Å²) in [7, 11) is 0. The van der Waals surface area contributed by atoms with Crippen molar-refractivity contribution in [2.45, 2.75) is 37.8 Å². The lowest BCUT2D eigenvalue weighted by Crippen LogP contribution is -2.54. The normalized spacial score (nSPS) is 23.4. The molecule has 5 heteroatoms. The number of nitrogens with one attached hydrogen (secondary N) is 3. The Morgan fingerprint density at radius 1 is 1.21 bits per heavy atom. The van der Waals surface area contributed by atoms with Gasteiger partial charge in [0.05, 0.1) is 12.1 Å². The first-order chi connectivity index (χ1) is 14.1. The smallest absolute Gasteiger partial charge is 0.159 e. The van der Waals surface area contributed by atoms with E-state index in [2.05, 4.69) is 21.7 Å². The number of ether oxygens (including phenoxy) is 1. The molecule has 3 N–H and O–H groups in total. The maximum atomic E-state index is 11.9. The number of H-pyrrole nitrogens is 1. The van der Waals surface area contributed by atoms with Crippen LogP contribution in [0, 0.1) is 0 Å². The maximum Gasteiger partial charge on any atom is 0.159 e. The van der Waals surface area contributed by atoms with Gasteiger partial charge in [-0.2, -0.15) is 0 Å². The average molecular weight is 389 g/mol. The van der Waals surface area contributed by atoms with E-state index in [1.54, 1.807) is 6.92 Å². The number of hydrogen-bond donors (Lipinski definition) is 3. The van der Waals surface area contributed by atoms with E-state index in [1.807, 2.05) is 42.5 Å². The Morgan fingerprint density at radius 3 is 2.83 bits per heavy atom. The summed E-state index contributed by atoms with van der Waals surface area (Å²) in [6.07, 6.45) is 2.94. The van der Waals surface area contributed by atoms with Crippen LogP contribution in [0.2, 0.25) is 0 Å². The number of aromatic nitrogens is 1. The SMILES string of the molecule is CC(=O)c1ccc2[nH]c3c(c2c1)CC(CCOc1ccccc1)NC31CCNC1. The van der Waals surface area contributed by atoms with E-state index < -0.39 is 0 Å². The van der Waals surface area contributed by atoms with E-state index in [4.69, 9.17) is 4.74 Å². The number of aromatic amines is 1. The molecule has 2 aliphatic heterocycles. The summed E-state index contributed by atoms with van der Waals surface area (Å²) >= 11 is 0. The summed E-state index contributed by atoms with van der Waals surface area (Å²) in [5.41, 5.74) is 4.48. The molecule has 0 aliphatic carbocycles. The quantitative estimate of drug-likeness (QED) is 0.584. The molecule has 0 radical (unpaired) electrons. The molecule has 5 nitrogen and oxygen atoms in total. The second-order valence-electron chi connectivity index (χ2n) is 8.30. The monoisotopic (exact) mass is 389 g/mol. The first kappa shape index (κ1) is 18.4. The van der Waals surface area contributed by atoms with Gasteiger partial charge in [0.1, 0.15) is 5.75 Å². The first-order valence-corrected chi connectivity index (χ1v) is 10.5. The summed E-state index contributed by atoms with van der Waals surface area (Å²) in [5.74, 6) is 1.03. The van der Waals surface area contributed by atoms with Crippen LogP contribution in [0.1, 0.15) is 41.4 Å². The third kappa shape index (κ3) is 3.34. The van der Waals surface area contributed by atoms with Crippen LogP contribution in [-0.2, 0) is 12.0 Å². The predicted octanol–water partition coefficient (Wildman–Crippen LogP) is 3.54. The minimum absolute atomic E-state index is 0.0690. The summed E-state index contributed by atoms with van der Waals surface area (Å²) in [5, 5.41) is 8.65. The molecule has 3 heterocycles. The van der Waals surface area contributed by atoms with E-state index >= 15 is 0 Å². The van der Waals surface area contributed by atoms with E-state index in [0.29, 0.717) is 12.6 Å². The van der Waals surface area contributed by atoms with Crippen molar-refractivity contribution in [3.8, 4) is 5.75 Å². The number of Topliss-reactive ketones (excluding diaryl/α,β-unsaturated/α-hetero) is 1. The van der Waals surface area contributed by atoms with Gasteiger partial charge in [-0.05, 0) is 68.6 Å². The van der Waals surface area contributed by atoms with E-state index in [-0.39, 0.29) is 11.3 Å². The molecular formula is C24H27N3O2. The lowest BCUT2D eigenvalue weighted by Gasteiger charge is -2.39. The Kier molecular flexibility index (Phi) is 4.64. The molecule has 2 aromatic carbocycles. The van der Waals surface area contributed by atoms with Gasteiger partial charge >= 0.3 is 0 Å². The Labute approximate surface area is 170 Å². The fraction of sp³-hybridized carbons (Fsp3) is 0.375. The average Bonchev–Trinajstić information content (AvgIpc) is 3.34. The molecule has 29 heavy (non-hydrogen) atoms. The van der Waals surface area contributed by atoms with Crippen LogP contribution in [0.15, 0.2) is 48.5 Å². The molecule has 5 rings (SSSR count). The van der Waals surface area contributed by atoms with E-state index in [0.717, 1.165) is 49.2 Å². The molecule has 1 fully saturated rings. The van der Waals surface area contributed by atoms with Gasteiger partial charge in [-0.3, -0.25) is 4.79 Å². The molecule has 0 saturated carbocycles. The molecule has 2 aliphatic rings. The number of fused-ring (bicyclic) bond motifs is 4. The van der Waals surface area contributed by atoms with E-state index in [9.17, 15) is 4.79 Å². The standard InChI is InChI=1S/C24H27N3O2/c1-16(28)17-7-8-22-20(13-17)21-14-18(9-12-29-19-5-3-2-4-6-19)27-24(23(21)26-22)10-11-25-15-24/h2-8,13,18,25-27H,9-12,14-15H2,1H3. The predicted molar refractivity (Wildman–Crippen MR) is 115 cm³/mol. The summed E-state index contributed by atoms with van der Waals surface area (Å²) in [6.45, 7) is 4.24. The van der Waals surface area contributed by atoms with Gasteiger partial charge in [0, 0.05) is 34.7 Å². The third-order valence-corrected chi connectivity index (χ3v) is 6.36. The zero-order valence-corrected chi connectivity index (χ0v) is 16.8. The van der Waals surface area contributed by atoms with Crippen molar-refractivity contribution >= 4 is 16.7 Å². The van der Waals surface area contributed by atoms with Gasteiger partial charge < -0.3 is 20.4 Å². The maximum absolute atomic E-state index is 11.9. The fourth-order valence-corrected chi connectivity index (χ4v) is 4.89. The Morgan fingerprint density at radius 2 is 2.07 bits per heavy atom. The Bertz CT molecular complexity index is 1030. The molecule has 150 valence electrons. The lowest BCUT2D eigenvalue weighted by atomic mass is 9.82. The van der Waals surface area contributed by atoms with Gasteiger partial charge in [0.2, 0.25) is 0 Å². The van der Waals surface area contributed by atoms with Crippen LogP contribution < -0.4 is 15.4 Å². The number of benzene rings is 2. The van der Waals surface area contributed by atoms with Crippen LogP contribution in [0.25, 0.3) is 10.9 Å². The van der Waals surface area contributed by atoms with Gasteiger partial charge in [-0.1, -0.05) is 18.2 Å². The zero-order valence-electron chi connectivity index (χ0n) is 16.8. The van der Waals surface area contributed by atoms with Gasteiger partial charge in [0.15, 0.2) is 5.78 Å². The van der Waals surface area contributed by atoms with E-state index in [1.165, 1.54) is 16.6 Å². The lowest BCUT2D eigenvalue weighted by molar-refractivity contribution is 0.101. The number of carbonyl (C=O) groups is 1. The second-order valence-corrected chi connectivity index (χ2v) is 8.30. The van der Waals surface area contributed by atoms with Crippen molar-refractivity contribution < 1.29 is 9.53 Å².